The van der Waals surface area contributed by atoms with E-state index < -0.39 is 0 Å². The number of unbranched alkanes of at least 4 members (excludes halogenated alkanes) is 1. The van der Waals surface area contributed by atoms with Crippen molar-refractivity contribution in [2.45, 2.75) is 45.1 Å². The molecule has 1 fully saturated rings. The maximum atomic E-state index is 5.62. The summed E-state index contributed by atoms with van der Waals surface area (Å²) < 4.78 is 5.62. The van der Waals surface area contributed by atoms with Gasteiger partial charge in [-0.05, 0) is 74.8 Å². The lowest BCUT2D eigenvalue weighted by atomic mass is 10.0. The van der Waals surface area contributed by atoms with Crippen molar-refractivity contribution in [3.05, 3.63) is 59.7 Å². The van der Waals surface area contributed by atoms with Crippen LogP contribution in [0, 0.1) is 0 Å². The lowest BCUT2D eigenvalue weighted by molar-refractivity contribution is 0.240. The summed E-state index contributed by atoms with van der Waals surface area (Å²) in [6, 6.07) is 17.1. The summed E-state index contributed by atoms with van der Waals surface area (Å²) in [7, 11) is 1.74. The maximum absolute atomic E-state index is 5.62. The lowest BCUT2D eigenvalue weighted by Crippen LogP contribution is -2.38. The Kier molecular flexibility index (Phi) is 8.32. The van der Waals surface area contributed by atoms with Crippen LogP contribution in [0.25, 0.3) is 0 Å². The van der Waals surface area contributed by atoms with Gasteiger partial charge in [0.05, 0.1) is 13.2 Å². The Balaban J connectivity index is 1.61. The molecule has 0 saturated carbocycles. The molecule has 1 aliphatic heterocycles. The summed E-state index contributed by atoms with van der Waals surface area (Å²) in [5.74, 6) is 0.938. The SMILES string of the molecule is CCCCc1ccc(NC(=S)NCC(c2ccccc2OC)N2CCCC2)cc1. The number of nitrogens with zero attached hydrogens (tertiary/aromatic N) is 1. The van der Waals surface area contributed by atoms with E-state index in [1.807, 2.05) is 12.1 Å². The second-order valence-corrected chi connectivity index (χ2v) is 8.04. The molecule has 2 aromatic carbocycles. The first-order chi connectivity index (χ1) is 14.2. The Bertz CT molecular complexity index is 772. The summed E-state index contributed by atoms with van der Waals surface area (Å²) >= 11 is 5.57. The summed E-state index contributed by atoms with van der Waals surface area (Å²) in [5, 5.41) is 7.41. The molecule has 1 heterocycles. The number of para-hydroxylation sites is 1. The van der Waals surface area contributed by atoms with Crippen LogP contribution in [0.2, 0.25) is 0 Å². The molecule has 1 saturated heterocycles. The molecule has 1 unspecified atom stereocenters. The Morgan fingerprint density at radius 1 is 1.10 bits per heavy atom. The van der Waals surface area contributed by atoms with Crippen molar-refractivity contribution in [1.29, 1.82) is 0 Å². The third kappa shape index (κ3) is 6.18. The van der Waals surface area contributed by atoms with Gasteiger partial charge in [-0.3, -0.25) is 4.90 Å². The van der Waals surface area contributed by atoms with Crippen LogP contribution < -0.4 is 15.4 Å². The molecule has 5 heteroatoms. The van der Waals surface area contributed by atoms with E-state index in [9.17, 15) is 0 Å². The van der Waals surface area contributed by atoms with Gasteiger partial charge in [0.15, 0.2) is 5.11 Å². The highest BCUT2D eigenvalue weighted by molar-refractivity contribution is 7.80. The normalized spacial score (nSPS) is 15.1. The van der Waals surface area contributed by atoms with Crippen LogP contribution in [0.3, 0.4) is 0 Å². The molecule has 0 spiro atoms. The number of hydrogen-bond donors (Lipinski definition) is 2. The summed E-state index contributed by atoms with van der Waals surface area (Å²) in [6.07, 6.45) is 6.08. The fraction of sp³-hybridized carbons (Fsp3) is 0.458. The molecule has 1 atom stereocenters. The molecule has 0 amide bonds. The monoisotopic (exact) mass is 411 g/mol. The second-order valence-electron chi connectivity index (χ2n) is 7.64. The van der Waals surface area contributed by atoms with Gasteiger partial charge in [0.25, 0.3) is 0 Å². The topological polar surface area (TPSA) is 36.5 Å². The van der Waals surface area contributed by atoms with Gasteiger partial charge in [0.1, 0.15) is 5.75 Å². The quantitative estimate of drug-likeness (QED) is 0.557. The smallest absolute Gasteiger partial charge is 0.170 e. The molecule has 1 aliphatic rings. The molecule has 29 heavy (non-hydrogen) atoms. The summed E-state index contributed by atoms with van der Waals surface area (Å²) in [6.45, 7) is 5.20. The van der Waals surface area contributed by atoms with Crippen LogP contribution in [0.15, 0.2) is 48.5 Å². The molecule has 0 aliphatic carbocycles. The average Bonchev–Trinajstić information content (AvgIpc) is 3.28. The minimum atomic E-state index is 0.241. The molecule has 4 nitrogen and oxygen atoms in total. The van der Waals surface area contributed by atoms with Gasteiger partial charge in [0.2, 0.25) is 0 Å². The Labute approximate surface area is 180 Å². The molecule has 156 valence electrons. The van der Waals surface area contributed by atoms with Gasteiger partial charge in [-0.25, -0.2) is 0 Å². The minimum Gasteiger partial charge on any atom is -0.496 e. The molecule has 3 rings (SSSR count). The zero-order chi connectivity index (χ0) is 20.5. The van der Waals surface area contributed by atoms with Gasteiger partial charge in [-0.1, -0.05) is 43.7 Å². The Morgan fingerprint density at radius 3 is 2.52 bits per heavy atom. The first-order valence-electron chi connectivity index (χ1n) is 10.7. The number of anilines is 1. The minimum absolute atomic E-state index is 0.241. The molecule has 0 radical (unpaired) electrons. The predicted octanol–water partition coefficient (Wildman–Crippen LogP) is 5.16. The molecular weight excluding hydrogens is 378 g/mol. The number of benzene rings is 2. The fourth-order valence-corrected chi connectivity index (χ4v) is 4.13. The second kappa shape index (κ2) is 11.2. The Morgan fingerprint density at radius 2 is 1.83 bits per heavy atom. The third-order valence-electron chi connectivity index (χ3n) is 5.57. The number of rotatable bonds is 9. The summed E-state index contributed by atoms with van der Waals surface area (Å²) in [5.41, 5.74) is 3.62. The molecule has 2 N–H and O–H groups in total. The lowest BCUT2D eigenvalue weighted by Gasteiger charge is -2.29. The van der Waals surface area contributed by atoms with Crippen LogP contribution >= 0.6 is 12.2 Å². The predicted molar refractivity (Wildman–Crippen MR) is 126 cm³/mol. The zero-order valence-electron chi connectivity index (χ0n) is 17.6. The number of hydrogen-bond acceptors (Lipinski definition) is 3. The van der Waals surface area contributed by atoms with E-state index in [2.05, 4.69) is 58.9 Å². The van der Waals surface area contributed by atoms with E-state index in [0.717, 1.165) is 37.5 Å². The standard InChI is InChI=1S/C24H33N3OS/c1-3-4-9-19-12-14-20(15-13-19)26-24(29)25-18-22(27-16-7-8-17-27)21-10-5-6-11-23(21)28-2/h5-6,10-15,22H,3-4,7-9,16-18H2,1-2H3,(H2,25,26,29). The van der Waals surface area contributed by atoms with Crippen molar-refractivity contribution in [3.8, 4) is 5.75 Å². The first kappa shape index (κ1) is 21.6. The van der Waals surface area contributed by atoms with Gasteiger partial charge in [-0.2, -0.15) is 0 Å². The zero-order valence-corrected chi connectivity index (χ0v) is 18.4. The first-order valence-corrected chi connectivity index (χ1v) is 11.1. The van der Waals surface area contributed by atoms with Crippen LogP contribution in [0.1, 0.15) is 49.8 Å². The van der Waals surface area contributed by atoms with E-state index in [-0.39, 0.29) is 6.04 Å². The van der Waals surface area contributed by atoms with Gasteiger partial charge in [0, 0.05) is 17.8 Å². The van der Waals surface area contributed by atoms with Crippen molar-refractivity contribution in [2.75, 3.05) is 32.1 Å². The highest BCUT2D eigenvalue weighted by atomic mass is 32.1. The van der Waals surface area contributed by atoms with E-state index in [0.29, 0.717) is 5.11 Å². The Hall–Kier alpha value is -2.11. The molecular formula is C24H33N3OS. The van der Waals surface area contributed by atoms with E-state index >= 15 is 0 Å². The number of aryl methyl sites for hydroxylation is 1. The van der Waals surface area contributed by atoms with Crippen molar-refractivity contribution >= 4 is 23.0 Å². The fourth-order valence-electron chi connectivity index (χ4n) is 3.93. The summed E-state index contributed by atoms with van der Waals surface area (Å²) in [4.78, 5) is 2.52. The number of methoxy groups -OCH3 is 1. The molecule has 0 bridgehead atoms. The van der Waals surface area contributed by atoms with Gasteiger partial charge in [-0.15, -0.1) is 0 Å². The number of ether oxygens (including phenoxy) is 1. The largest absolute Gasteiger partial charge is 0.496 e. The van der Waals surface area contributed by atoms with Gasteiger partial charge < -0.3 is 15.4 Å². The van der Waals surface area contributed by atoms with Crippen LogP contribution in [0.4, 0.5) is 5.69 Å². The molecule has 0 aromatic heterocycles. The third-order valence-corrected chi connectivity index (χ3v) is 5.81. The van der Waals surface area contributed by atoms with Crippen molar-refractivity contribution in [1.82, 2.24) is 10.2 Å². The number of thiocarbonyl (C=S) groups is 1. The van der Waals surface area contributed by atoms with Crippen molar-refractivity contribution in [3.63, 3.8) is 0 Å². The number of likely N-dealkylation sites (tertiary alicyclic amines) is 1. The van der Waals surface area contributed by atoms with Crippen molar-refractivity contribution in [2.24, 2.45) is 0 Å². The number of nitrogens with one attached hydrogen (secondary N) is 2. The highest BCUT2D eigenvalue weighted by Gasteiger charge is 2.25. The van der Waals surface area contributed by atoms with Crippen LogP contribution in [0.5, 0.6) is 5.75 Å². The van der Waals surface area contributed by atoms with E-state index in [1.165, 1.54) is 36.8 Å². The van der Waals surface area contributed by atoms with Gasteiger partial charge >= 0.3 is 0 Å². The van der Waals surface area contributed by atoms with E-state index in [4.69, 9.17) is 17.0 Å². The van der Waals surface area contributed by atoms with Crippen LogP contribution in [-0.2, 0) is 6.42 Å². The molecule has 2 aromatic rings. The highest BCUT2D eigenvalue weighted by Crippen LogP contribution is 2.31. The van der Waals surface area contributed by atoms with E-state index in [1.54, 1.807) is 7.11 Å². The van der Waals surface area contributed by atoms with Crippen LogP contribution in [-0.4, -0.2) is 36.8 Å². The maximum Gasteiger partial charge on any atom is 0.170 e. The average molecular weight is 412 g/mol. The van der Waals surface area contributed by atoms with Crippen molar-refractivity contribution < 1.29 is 4.74 Å².